The molecular weight excluding hydrogens is 1500 g/mol. The van der Waals surface area contributed by atoms with E-state index >= 15 is 0 Å². The topological polar surface area (TPSA) is 273 Å². The Balaban J connectivity index is 0.681. The van der Waals surface area contributed by atoms with E-state index in [0.717, 1.165) is 66.8 Å². The van der Waals surface area contributed by atoms with Crippen molar-refractivity contribution in [1.82, 2.24) is 43.6 Å². The molecule has 3 atom stereocenters. The van der Waals surface area contributed by atoms with Crippen molar-refractivity contribution in [3.8, 4) is 66.8 Å². The number of thioether (sulfide) groups is 3. The molecule has 0 aliphatic carbocycles. The van der Waals surface area contributed by atoms with Gasteiger partial charge in [-0.25, -0.2) is 28.1 Å². The first-order valence-corrected chi connectivity index (χ1v) is 39.9. The Bertz CT molecular complexity index is 5040. The van der Waals surface area contributed by atoms with Crippen LogP contribution in [-0.4, -0.2) is 116 Å². The maximum absolute atomic E-state index is 14.5. The third-order valence-corrected chi connectivity index (χ3v) is 22.6. The standard InChI is InChI=1S/C90H75N9O12S3/c100-79(37-58-112-85(76-19-7-64(8-20-76)70-31-46-94-47-32-70)82(103)73-13-1-61(2-14-73)67-25-40-91-41-26-67)109-55-52-97-88(106)98(53-56-110-80(101)38-59-113-86(77-21-9-65(10-22-77)71-33-48-95-49-34-71)83(104)74-15-3-62(4-16-74)68-27-42-92-43-28-68)90(108)99(89(97)107)54-57-111-81(102)39-60-114-87(78-23-11-66(12-24-78)72-35-50-96-51-36-72)84(105)75-17-5-63(6-18-75)69-29-44-93-45-30-69/h1-36,40-51,85-87H,37-39,52-60H2. The van der Waals surface area contributed by atoms with Gasteiger partial charge in [-0.15, -0.1) is 35.3 Å². The largest absolute Gasteiger partial charge is 0.464 e. The second kappa shape index (κ2) is 39.3. The van der Waals surface area contributed by atoms with Gasteiger partial charge in [-0.3, -0.25) is 58.7 Å². The Kier molecular flexibility index (Phi) is 27.3. The van der Waals surface area contributed by atoms with E-state index in [1.54, 1.807) is 111 Å². The Labute approximate surface area is 669 Å². The third-order valence-electron chi connectivity index (χ3n) is 18.8. The number of pyridine rings is 6. The first-order chi connectivity index (χ1) is 55.8. The molecule has 0 saturated carbocycles. The second-order valence-electron chi connectivity index (χ2n) is 26.1. The maximum atomic E-state index is 14.5. The fraction of sp³-hybridized carbons (Fsp3) is 0.167. The van der Waals surface area contributed by atoms with Crippen LogP contribution in [0.2, 0.25) is 0 Å². The lowest BCUT2D eigenvalue weighted by atomic mass is 9.98. The molecule has 13 aromatic rings. The number of Topliss-reactive ketones (excluding diaryl/α,β-unsaturated/α-hetero) is 3. The molecule has 3 unspecified atom stereocenters. The van der Waals surface area contributed by atoms with Gasteiger partial charge in [-0.05, 0) is 156 Å². The predicted octanol–water partition coefficient (Wildman–Crippen LogP) is 15.4. The van der Waals surface area contributed by atoms with Crippen LogP contribution in [0.5, 0.6) is 0 Å². The van der Waals surface area contributed by atoms with Gasteiger partial charge in [0.2, 0.25) is 0 Å². The smallest absolute Gasteiger partial charge is 0.336 e. The van der Waals surface area contributed by atoms with Crippen LogP contribution >= 0.6 is 35.3 Å². The van der Waals surface area contributed by atoms with E-state index in [2.05, 4.69) is 29.9 Å². The van der Waals surface area contributed by atoms with Crippen LogP contribution in [0.15, 0.2) is 307 Å². The van der Waals surface area contributed by atoms with Gasteiger partial charge in [0.1, 0.15) is 19.8 Å². The van der Waals surface area contributed by atoms with E-state index < -0.39 is 90.2 Å². The van der Waals surface area contributed by atoms with Gasteiger partial charge in [0.15, 0.2) is 17.3 Å². The minimum absolute atomic E-state index is 0.133. The van der Waals surface area contributed by atoms with E-state index in [-0.39, 0.29) is 53.9 Å². The van der Waals surface area contributed by atoms with Crippen molar-refractivity contribution < 1.29 is 43.0 Å². The molecule has 0 aliphatic heterocycles. The molecule has 0 bridgehead atoms. The molecule has 0 N–H and O–H groups in total. The van der Waals surface area contributed by atoms with Crippen molar-refractivity contribution in [3.05, 3.63) is 358 Å². The number of hydrogen-bond donors (Lipinski definition) is 0. The number of ketones is 3. The Morgan fingerprint density at radius 3 is 0.623 bits per heavy atom. The van der Waals surface area contributed by atoms with Crippen molar-refractivity contribution in [3.63, 3.8) is 0 Å². The Hall–Kier alpha value is -12.9. The summed E-state index contributed by atoms with van der Waals surface area (Å²) >= 11 is 3.76. The number of esters is 3. The first kappa shape index (κ1) is 79.2. The molecule has 0 fully saturated rings. The van der Waals surface area contributed by atoms with Gasteiger partial charge in [0, 0.05) is 108 Å². The third kappa shape index (κ3) is 20.6. The molecule has 6 aromatic carbocycles. The highest BCUT2D eigenvalue weighted by atomic mass is 32.2. The average molecular weight is 1570 g/mol. The number of benzene rings is 6. The zero-order valence-corrected chi connectivity index (χ0v) is 64.0. The van der Waals surface area contributed by atoms with Crippen molar-refractivity contribution >= 4 is 70.5 Å². The molecule has 0 saturated heterocycles. The van der Waals surface area contributed by atoms with Crippen LogP contribution < -0.4 is 17.1 Å². The summed E-state index contributed by atoms with van der Waals surface area (Å²) in [6, 6.07) is 67.2. The Morgan fingerprint density at radius 1 is 0.254 bits per heavy atom. The fourth-order valence-corrected chi connectivity index (χ4v) is 16.2. The molecule has 0 amide bonds. The van der Waals surface area contributed by atoms with E-state index in [0.29, 0.717) is 47.1 Å². The van der Waals surface area contributed by atoms with E-state index in [4.69, 9.17) is 14.2 Å². The maximum Gasteiger partial charge on any atom is 0.336 e. The van der Waals surface area contributed by atoms with Crippen LogP contribution in [-0.2, 0) is 48.2 Å². The SMILES string of the molecule is O=C(CCSC(C(=O)c1ccc(-c2ccncc2)cc1)c1ccc(-c2ccncc2)cc1)OCCn1c(=O)n(CCOC(=O)CCSC(C(=O)c2ccc(-c3ccncc3)cc2)c2ccc(-c3ccncc3)cc2)c(=O)n(CCOC(=O)CCSC(C(=O)c2ccc(-c3ccncc3)cc2)c2ccc(-c3ccncc3)cc2)c1=O. The summed E-state index contributed by atoms with van der Waals surface area (Å²) in [5, 5.41) is -2.21. The highest BCUT2D eigenvalue weighted by molar-refractivity contribution is 8.00. The van der Waals surface area contributed by atoms with E-state index in [1.807, 2.05) is 182 Å². The summed E-state index contributed by atoms with van der Waals surface area (Å²) in [7, 11) is 0. The number of nitrogens with zero attached hydrogens (tertiary/aromatic N) is 9. The Morgan fingerprint density at radius 2 is 0.430 bits per heavy atom. The molecule has 570 valence electrons. The van der Waals surface area contributed by atoms with Crippen molar-refractivity contribution in [2.45, 2.75) is 54.6 Å². The molecule has 7 heterocycles. The van der Waals surface area contributed by atoms with Gasteiger partial charge in [-0.1, -0.05) is 146 Å². The molecule has 0 radical (unpaired) electrons. The summed E-state index contributed by atoms with van der Waals surface area (Å²) in [6.07, 6.45) is 19.8. The summed E-state index contributed by atoms with van der Waals surface area (Å²) in [5.41, 5.74) is 11.3. The fourth-order valence-electron chi connectivity index (χ4n) is 12.7. The lowest BCUT2D eigenvalue weighted by Gasteiger charge is -2.18. The normalized spacial score (nSPS) is 11.9. The molecule has 13 rings (SSSR count). The molecule has 0 aliphatic rings. The lowest BCUT2D eigenvalue weighted by molar-refractivity contribution is -0.144. The van der Waals surface area contributed by atoms with Crippen molar-refractivity contribution in [2.75, 3.05) is 37.1 Å². The summed E-state index contributed by atoms with van der Waals surface area (Å²) in [6.45, 7) is -3.05. The zero-order valence-electron chi connectivity index (χ0n) is 61.6. The summed E-state index contributed by atoms with van der Waals surface area (Å²) < 4.78 is 19.1. The van der Waals surface area contributed by atoms with Crippen molar-refractivity contribution in [1.29, 1.82) is 0 Å². The number of ether oxygens (including phenoxy) is 3. The number of hydrogen-bond acceptors (Lipinski definition) is 21. The first-order valence-electron chi connectivity index (χ1n) is 36.7. The number of carbonyl (C=O) groups excluding carboxylic acids is 6. The minimum atomic E-state index is -1.09. The van der Waals surface area contributed by atoms with E-state index in [1.165, 1.54) is 35.3 Å². The van der Waals surface area contributed by atoms with Crippen LogP contribution in [0.3, 0.4) is 0 Å². The number of carbonyl (C=O) groups is 6. The van der Waals surface area contributed by atoms with Crippen LogP contribution in [0.4, 0.5) is 0 Å². The highest BCUT2D eigenvalue weighted by Crippen LogP contribution is 2.39. The highest BCUT2D eigenvalue weighted by Gasteiger charge is 2.28. The monoisotopic (exact) mass is 1570 g/mol. The van der Waals surface area contributed by atoms with Gasteiger partial charge >= 0.3 is 35.0 Å². The molecule has 21 nitrogen and oxygen atoms in total. The number of aromatic nitrogens is 9. The second-order valence-corrected chi connectivity index (χ2v) is 29.7. The summed E-state index contributed by atoms with van der Waals surface area (Å²) in [5.74, 6) is -2.25. The van der Waals surface area contributed by atoms with Crippen LogP contribution in [0, 0.1) is 0 Å². The van der Waals surface area contributed by atoms with Gasteiger partial charge in [0.25, 0.3) is 0 Å². The average Bonchev–Trinajstić information content (AvgIpc) is 0.777. The molecular formula is C90H75N9O12S3. The molecule has 0 spiro atoms. The minimum Gasteiger partial charge on any atom is -0.464 e. The molecule has 7 aromatic heterocycles. The number of rotatable bonds is 36. The van der Waals surface area contributed by atoms with Gasteiger partial charge in [-0.2, -0.15) is 0 Å². The summed E-state index contributed by atoms with van der Waals surface area (Å²) in [4.78, 5) is 152. The predicted molar refractivity (Wildman–Crippen MR) is 443 cm³/mol. The van der Waals surface area contributed by atoms with Crippen molar-refractivity contribution in [2.24, 2.45) is 0 Å². The lowest BCUT2D eigenvalue weighted by Crippen LogP contribution is -2.55. The van der Waals surface area contributed by atoms with Crippen LogP contribution in [0.25, 0.3) is 66.8 Å². The van der Waals surface area contributed by atoms with E-state index in [9.17, 15) is 43.2 Å². The quantitative estimate of drug-likeness (QED) is 0.0200. The van der Waals surface area contributed by atoms with Gasteiger partial charge < -0.3 is 14.2 Å². The van der Waals surface area contributed by atoms with Crippen LogP contribution in [0.1, 0.15) is 82.8 Å². The zero-order chi connectivity index (χ0) is 79.0. The molecule has 24 heteroatoms. The molecule has 114 heavy (non-hydrogen) atoms. The van der Waals surface area contributed by atoms with Gasteiger partial charge in [0.05, 0.1) is 54.6 Å².